The van der Waals surface area contributed by atoms with Gasteiger partial charge in [-0.15, -0.1) is 0 Å². The number of allylic oxidation sites excluding steroid dienone is 2. The molecule has 3 nitrogen and oxygen atoms in total. The van der Waals surface area contributed by atoms with E-state index in [2.05, 4.69) is 12.2 Å². The summed E-state index contributed by atoms with van der Waals surface area (Å²) >= 11 is 0. The van der Waals surface area contributed by atoms with Gasteiger partial charge < -0.3 is 14.2 Å². The third-order valence-electron chi connectivity index (χ3n) is 4.94. The van der Waals surface area contributed by atoms with Crippen molar-refractivity contribution in [3.05, 3.63) is 12.2 Å². The fourth-order valence-electron chi connectivity index (χ4n) is 4.30. The SMILES string of the molecule is COC1CC2C=CC3CC(OC)(OC)C1C23. The Morgan fingerprint density at radius 2 is 1.75 bits per heavy atom. The summed E-state index contributed by atoms with van der Waals surface area (Å²) in [7, 11) is 5.32. The zero-order valence-electron chi connectivity index (χ0n) is 10.2. The Morgan fingerprint density at radius 1 is 1.06 bits per heavy atom. The van der Waals surface area contributed by atoms with Crippen LogP contribution in [0, 0.1) is 23.7 Å². The Hall–Kier alpha value is -0.380. The number of methoxy groups -OCH3 is 3. The summed E-state index contributed by atoms with van der Waals surface area (Å²) in [5, 5.41) is 0. The van der Waals surface area contributed by atoms with Gasteiger partial charge in [0.1, 0.15) is 0 Å². The molecule has 3 heteroatoms. The molecule has 0 spiro atoms. The molecule has 5 unspecified atom stereocenters. The van der Waals surface area contributed by atoms with Gasteiger partial charge >= 0.3 is 0 Å². The first-order chi connectivity index (χ1) is 7.75. The van der Waals surface area contributed by atoms with Crippen molar-refractivity contribution in [1.82, 2.24) is 0 Å². The van der Waals surface area contributed by atoms with Gasteiger partial charge in [-0.3, -0.25) is 0 Å². The first-order valence-corrected chi connectivity index (χ1v) is 6.07. The van der Waals surface area contributed by atoms with Crippen LogP contribution in [0.25, 0.3) is 0 Å². The summed E-state index contributed by atoms with van der Waals surface area (Å²) in [6.45, 7) is 0. The molecule has 2 saturated carbocycles. The van der Waals surface area contributed by atoms with Crippen molar-refractivity contribution in [3.63, 3.8) is 0 Å². The Morgan fingerprint density at radius 3 is 2.38 bits per heavy atom. The second-order valence-corrected chi connectivity index (χ2v) is 5.25. The number of hydrogen-bond donors (Lipinski definition) is 0. The van der Waals surface area contributed by atoms with Gasteiger partial charge in [0, 0.05) is 33.7 Å². The molecule has 0 aliphatic heterocycles. The van der Waals surface area contributed by atoms with Crippen molar-refractivity contribution in [2.24, 2.45) is 23.7 Å². The Bertz CT molecular complexity index is 308. The quantitative estimate of drug-likeness (QED) is 0.541. The molecule has 0 aromatic heterocycles. The van der Waals surface area contributed by atoms with E-state index in [1.807, 2.05) is 0 Å². The Kier molecular flexibility index (Phi) is 2.39. The zero-order chi connectivity index (χ0) is 11.3. The molecular weight excluding hydrogens is 204 g/mol. The number of hydrogen-bond acceptors (Lipinski definition) is 3. The summed E-state index contributed by atoms with van der Waals surface area (Å²) in [6.07, 6.45) is 7.10. The summed E-state index contributed by atoms with van der Waals surface area (Å²) in [5.41, 5.74) is 0. The maximum atomic E-state index is 5.71. The molecule has 0 aromatic carbocycles. The predicted molar refractivity (Wildman–Crippen MR) is 59.9 cm³/mol. The number of ether oxygens (including phenoxy) is 3. The van der Waals surface area contributed by atoms with E-state index in [1.165, 1.54) is 0 Å². The van der Waals surface area contributed by atoms with Crippen molar-refractivity contribution in [2.45, 2.75) is 24.7 Å². The molecule has 90 valence electrons. The maximum Gasteiger partial charge on any atom is 0.173 e. The fourth-order valence-corrected chi connectivity index (χ4v) is 4.30. The van der Waals surface area contributed by atoms with E-state index in [4.69, 9.17) is 14.2 Å². The lowest BCUT2D eigenvalue weighted by molar-refractivity contribution is -0.245. The van der Waals surface area contributed by atoms with Crippen molar-refractivity contribution < 1.29 is 14.2 Å². The van der Waals surface area contributed by atoms with Crippen molar-refractivity contribution in [1.29, 1.82) is 0 Å². The van der Waals surface area contributed by atoms with Gasteiger partial charge in [0.05, 0.1) is 6.10 Å². The van der Waals surface area contributed by atoms with E-state index < -0.39 is 5.79 Å². The van der Waals surface area contributed by atoms with Crippen LogP contribution in [0.4, 0.5) is 0 Å². The molecule has 0 N–H and O–H groups in total. The monoisotopic (exact) mass is 224 g/mol. The van der Waals surface area contributed by atoms with Crippen LogP contribution < -0.4 is 0 Å². The van der Waals surface area contributed by atoms with E-state index >= 15 is 0 Å². The largest absolute Gasteiger partial charge is 0.381 e. The zero-order valence-corrected chi connectivity index (χ0v) is 10.2. The van der Waals surface area contributed by atoms with E-state index in [9.17, 15) is 0 Å². The molecular formula is C13H20O3. The van der Waals surface area contributed by atoms with Gasteiger partial charge in [0.25, 0.3) is 0 Å². The molecule has 3 aliphatic rings. The minimum Gasteiger partial charge on any atom is -0.381 e. The number of rotatable bonds is 3. The summed E-state index contributed by atoms with van der Waals surface area (Å²) in [5.74, 6) is 1.93. The van der Waals surface area contributed by atoms with E-state index in [0.29, 0.717) is 23.7 Å². The standard InChI is InChI=1S/C13H20O3/c1-14-10-6-8-4-5-9-7-13(15-2,16-3)12(10)11(8)9/h4-5,8-12H,6-7H2,1-3H3. The maximum absolute atomic E-state index is 5.71. The summed E-state index contributed by atoms with van der Waals surface area (Å²) in [6, 6.07) is 0. The van der Waals surface area contributed by atoms with E-state index in [1.54, 1.807) is 21.3 Å². The fraction of sp³-hybridized carbons (Fsp3) is 0.846. The molecule has 0 bridgehead atoms. The van der Waals surface area contributed by atoms with Gasteiger partial charge in [-0.05, 0) is 24.2 Å². The van der Waals surface area contributed by atoms with Crippen LogP contribution in [0.5, 0.6) is 0 Å². The Balaban J connectivity index is 1.98. The smallest absolute Gasteiger partial charge is 0.173 e. The molecule has 3 aliphatic carbocycles. The average molecular weight is 224 g/mol. The Labute approximate surface area is 96.8 Å². The van der Waals surface area contributed by atoms with Crippen LogP contribution in [-0.2, 0) is 14.2 Å². The normalized spacial score (nSPS) is 47.6. The van der Waals surface area contributed by atoms with Gasteiger partial charge in [0.2, 0.25) is 0 Å². The molecule has 0 aromatic rings. The highest BCUT2D eigenvalue weighted by Gasteiger charge is 2.63. The molecule has 3 rings (SSSR count). The highest BCUT2D eigenvalue weighted by Crippen LogP contribution is 2.60. The van der Waals surface area contributed by atoms with Crippen LogP contribution in [-0.4, -0.2) is 33.2 Å². The molecule has 0 saturated heterocycles. The van der Waals surface area contributed by atoms with Crippen LogP contribution in [0.15, 0.2) is 12.2 Å². The molecule has 2 fully saturated rings. The van der Waals surface area contributed by atoms with Crippen LogP contribution in [0.3, 0.4) is 0 Å². The average Bonchev–Trinajstić information content (AvgIpc) is 2.94. The van der Waals surface area contributed by atoms with Crippen LogP contribution >= 0.6 is 0 Å². The molecule has 5 atom stereocenters. The van der Waals surface area contributed by atoms with Gasteiger partial charge in [0.15, 0.2) is 5.79 Å². The molecule has 0 heterocycles. The van der Waals surface area contributed by atoms with Crippen molar-refractivity contribution in [2.75, 3.05) is 21.3 Å². The second kappa shape index (κ2) is 3.56. The van der Waals surface area contributed by atoms with E-state index in [0.717, 1.165) is 12.8 Å². The van der Waals surface area contributed by atoms with Crippen molar-refractivity contribution in [3.8, 4) is 0 Å². The summed E-state index contributed by atoms with van der Waals surface area (Å²) < 4.78 is 17.1. The highest BCUT2D eigenvalue weighted by atomic mass is 16.7. The lowest BCUT2D eigenvalue weighted by Gasteiger charge is -2.35. The van der Waals surface area contributed by atoms with Gasteiger partial charge in [-0.25, -0.2) is 0 Å². The third-order valence-corrected chi connectivity index (χ3v) is 4.94. The molecule has 0 radical (unpaired) electrons. The third kappa shape index (κ3) is 1.14. The lowest BCUT2D eigenvalue weighted by atomic mass is 9.90. The van der Waals surface area contributed by atoms with Crippen LogP contribution in [0.2, 0.25) is 0 Å². The van der Waals surface area contributed by atoms with E-state index in [-0.39, 0.29) is 6.10 Å². The van der Waals surface area contributed by atoms with Gasteiger partial charge in [-0.1, -0.05) is 12.2 Å². The lowest BCUT2D eigenvalue weighted by Crippen LogP contribution is -2.43. The minimum atomic E-state index is -0.421. The second-order valence-electron chi connectivity index (χ2n) is 5.25. The first kappa shape index (κ1) is 10.8. The molecule has 16 heavy (non-hydrogen) atoms. The highest BCUT2D eigenvalue weighted by molar-refractivity contribution is 5.20. The van der Waals surface area contributed by atoms with Gasteiger partial charge in [-0.2, -0.15) is 0 Å². The molecule has 0 amide bonds. The topological polar surface area (TPSA) is 27.7 Å². The first-order valence-electron chi connectivity index (χ1n) is 6.07. The van der Waals surface area contributed by atoms with Crippen molar-refractivity contribution >= 4 is 0 Å². The summed E-state index contributed by atoms with van der Waals surface area (Å²) in [4.78, 5) is 0. The predicted octanol–water partition coefficient (Wildman–Crippen LogP) is 1.83. The van der Waals surface area contributed by atoms with Crippen LogP contribution in [0.1, 0.15) is 12.8 Å². The minimum absolute atomic E-state index is 0.282.